The Morgan fingerprint density at radius 1 is 1.16 bits per heavy atom. The van der Waals surface area contributed by atoms with Crippen molar-refractivity contribution in [2.75, 3.05) is 49.2 Å². The fourth-order valence-electron chi connectivity index (χ4n) is 4.25. The first kappa shape index (κ1) is 20.6. The van der Waals surface area contributed by atoms with E-state index in [2.05, 4.69) is 56.4 Å². The number of aromatic nitrogens is 3. The van der Waals surface area contributed by atoms with E-state index in [0.717, 1.165) is 37.5 Å². The zero-order valence-corrected chi connectivity index (χ0v) is 18.4. The number of thioether (sulfide) groups is 1. The maximum atomic E-state index is 10.3. The van der Waals surface area contributed by atoms with Gasteiger partial charge in [-0.1, -0.05) is 12.1 Å². The Kier molecular flexibility index (Phi) is 5.75. The molecule has 2 aromatic heterocycles. The number of rotatable bonds is 5. The molecule has 0 unspecified atom stereocenters. The first-order valence-corrected chi connectivity index (χ1v) is 11.7. The van der Waals surface area contributed by atoms with E-state index in [0.29, 0.717) is 18.1 Å². The molecule has 3 aromatic rings. The predicted molar refractivity (Wildman–Crippen MR) is 124 cm³/mol. The van der Waals surface area contributed by atoms with Crippen LogP contribution in [-0.4, -0.2) is 80.7 Å². The van der Waals surface area contributed by atoms with Crippen LogP contribution in [0.4, 0.5) is 11.5 Å². The van der Waals surface area contributed by atoms with E-state index in [1.807, 2.05) is 10.6 Å². The van der Waals surface area contributed by atoms with Crippen molar-refractivity contribution in [2.24, 2.45) is 0 Å². The second kappa shape index (κ2) is 8.66. The van der Waals surface area contributed by atoms with Crippen LogP contribution in [-0.2, 0) is 6.54 Å². The molecule has 31 heavy (non-hydrogen) atoms. The number of anilines is 2. The van der Waals surface area contributed by atoms with Crippen LogP contribution in [0.3, 0.4) is 0 Å². The van der Waals surface area contributed by atoms with Gasteiger partial charge in [0.1, 0.15) is 0 Å². The molecule has 0 saturated carbocycles. The van der Waals surface area contributed by atoms with Crippen LogP contribution in [0.1, 0.15) is 16.5 Å². The standard InChI is InChI=1S/C22H28N6O2S/c1-26-7-9-27(10-8-26)16-4-2-3-15(11-16)12-24-21-22-25-13-17(28(22)6-5-23-21)20-19(30)18(29)14-31-20/h2-6,11,13,18-20,29-30H,7-10,12,14H2,1H3,(H,23,24)/t18-,19-,20+/m1/s1. The van der Waals surface area contributed by atoms with Crippen LogP contribution in [0, 0.1) is 0 Å². The fraction of sp³-hybridized carbons (Fsp3) is 0.455. The number of aliphatic hydroxyl groups excluding tert-OH is 2. The van der Waals surface area contributed by atoms with Crippen LogP contribution in [0.15, 0.2) is 42.9 Å². The van der Waals surface area contributed by atoms with Crippen LogP contribution in [0.2, 0.25) is 0 Å². The largest absolute Gasteiger partial charge is 0.390 e. The molecular formula is C22H28N6O2S. The number of imidazole rings is 1. The van der Waals surface area contributed by atoms with E-state index >= 15 is 0 Å². The molecule has 164 valence electrons. The number of aliphatic hydroxyl groups is 2. The zero-order chi connectivity index (χ0) is 21.4. The third kappa shape index (κ3) is 4.10. The summed E-state index contributed by atoms with van der Waals surface area (Å²) in [5, 5.41) is 23.4. The number of likely N-dealkylation sites (N-methyl/N-ethyl adjacent to an activating group) is 1. The Morgan fingerprint density at radius 2 is 2.00 bits per heavy atom. The fourth-order valence-corrected chi connectivity index (χ4v) is 5.57. The molecule has 5 rings (SSSR count). The van der Waals surface area contributed by atoms with Crippen molar-refractivity contribution in [1.29, 1.82) is 0 Å². The number of nitrogens with one attached hydrogen (secondary N) is 1. The number of fused-ring (bicyclic) bond motifs is 1. The maximum Gasteiger partial charge on any atom is 0.180 e. The van der Waals surface area contributed by atoms with Gasteiger partial charge < -0.3 is 25.3 Å². The molecule has 0 amide bonds. The normalized spacial score (nSPS) is 24.7. The quantitative estimate of drug-likeness (QED) is 0.551. The van der Waals surface area contributed by atoms with E-state index < -0.39 is 12.2 Å². The molecule has 2 aliphatic heterocycles. The van der Waals surface area contributed by atoms with Gasteiger partial charge in [-0.05, 0) is 24.7 Å². The third-order valence-corrected chi connectivity index (χ3v) is 7.55. The summed E-state index contributed by atoms with van der Waals surface area (Å²) in [4.78, 5) is 13.8. The van der Waals surface area contributed by atoms with E-state index in [4.69, 9.17) is 0 Å². The van der Waals surface area contributed by atoms with Crippen LogP contribution >= 0.6 is 11.8 Å². The Labute approximate surface area is 185 Å². The van der Waals surface area contributed by atoms with E-state index in [1.165, 1.54) is 11.3 Å². The molecule has 0 bridgehead atoms. The lowest BCUT2D eigenvalue weighted by Crippen LogP contribution is -2.44. The molecule has 0 aliphatic carbocycles. The molecule has 4 heterocycles. The van der Waals surface area contributed by atoms with Gasteiger partial charge in [0.25, 0.3) is 0 Å². The molecule has 9 heteroatoms. The average molecular weight is 441 g/mol. The van der Waals surface area contributed by atoms with Crippen LogP contribution in [0.5, 0.6) is 0 Å². The highest BCUT2D eigenvalue weighted by Gasteiger charge is 2.37. The average Bonchev–Trinajstić information content (AvgIpc) is 3.36. The van der Waals surface area contributed by atoms with Gasteiger partial charge in [0.15, 0.2) is 11.5 Å². The first-order chi connectivity index (χ1) is 15.1. The molecule has 2 fully saturated rings. The number of nitrogens with zero attached hydrogens (tertiary/aromatic N) is 5. The number of hydrogen-bond donors (Lipinski definition) is 3. The smallest absolute Gasteiger partial charge is 0.180 e. The summed E-state index contributed by atoms with van der Waals surface area (Å²) in [6.45, 7) is 4.91. The Balaban J connectivity index is 1.32. The van der Waals surface area contributed by atoms with Crippen molar-refractivity contribution in [1.82, 2.24) is 19.3 Å². The van der Waals surface area contributed by atoms with E-state index in [1.54, 1.807) is 24.2 Å². The molecule has 0 spiro atoms. The minimum absolute atomic E-state index is 0.194. The first-order valence-electron chi connectivity index (χ1n) is 10.7. The van der Waals surface area contributed by atoms with Gasteiger partial charge in [0.05, 0.1) is 29.3 Å². The Morgan fingerprint density at radius 3 is 2.77 bits per heavy atom. The van der Waals surface area contributed by atoms with Crippen LogP contribution < -0.4 is 10.2 Å². The highest BCUT2D eigenvalue weighted by molar-refractivity contribution is 7.99. The van der Waals surface area contributed by atoms with Gasteiger partial charge in [-0.3, -0.25) is 4.40 Å². The zero-order valence-electron chi connectivity index (χ0n) is 17.6. The summed E-state index contributed by atoms with van der Waals surface area (Å²) in [5.41, 5.74) is 4.05. The van der Waals surface area contributed by atoms with Crippen molar-refractivity contribution in [3.8, 4) is 0 Å². The lowest BCUT2D eigenvalue weighted by Gasteiger charge is -2.34. The van der Waals surface area contributed by atoms with Crippen LogP contribution in [0.25, 0.3) is 5.65 Å². The highest BCUT2D eigenvalue weighted by Crippen LogP contribution is 2.40. The van der Waals surface area contributed by atoms with Gasteiger partial charge in [-0.25, -0.2) is 9.97 Å². The molecule has 8 nitrogen and oxygen atoms in total. The predicted octanol–water partition coefficient (Wildman–Crippen LogP) is 1.60. The number of hydrogen-bond acceptors (Lipinski definition) is 8. The van der Waals surface area contributed by atoms with Gasteiger partial charge in [-0.2, -0.15) is 0 Å². The monoisotopic (exact) mass is 440 g/mol. The van der Waals surface area contributed by atoms with Crippen molar-refractivity contribution >= 4 is 28.9 Å². The molecule has 2 saturated heterocycles. The molecule has 1 aromatic carbocycles. The maximum absolute atomic E-state index is 10.3. The lowest BCUT2D eigenvalue weighted by atomic mass is 10.1. The van der Waals surface area contributed by atoms with Crippen molar-refractivity contribution in [3.63, 3.8) is 0 Å². The Bertz CT molecular complexity index is 1050. The summed E-state index contributed by atoms with van der Waals surface area (Å²) < 4.78 is 1.95. The summed E-state index contributed by atoms with van der Waals surface area (Å²) in [6.07, 6.45) is 3.88. The second-order valence-corrected chi connectivity index (χ2v) is 9.45. The minimum atomic E-state index is -0.785. The highest BCUT2D eigenvalue weighted by atomic mass is 32.2. The van der Waals surface area contributed by atoms with E-state index in [9.17, 15) is 10.2 Å². The Hall–Kier alpha value is -2.33. The van der Waals surface area contributed by atoms with Gasteiger partial charge in [0.2, 0.25) is 0 Å². The van der Waals surface area contributed by atoms with Crippen molar-refractivity contribution < 1.29 is 10.2 Å². The molecule has 3 N–H and O–H groups in total. The molecule has 3 atom stereocenters. The van der Waals surface area contributed by atoms with E-state index in [-0.39, 0.29) is 5.25 Å². The second-order valence-electron chi connectivity index (χ2n) is 8.28. The van der Waals surface area contributed by atoms with Crippen molar-refractivity contribution in [3.05, 3.63) is 54.1 Å². The summed E-state index contributed by atoms with van der Waals surface area (Å²) in [7, 11) is 2.17. The SMILES string of the molecule is CN1CCN(c2cccc(CNc3nccn4c([C@@H]5SC[C@@H](O)[C@H]5O)cnc34)c2)CC1. The minimum Gasteiger partial charge on any atom is -0.390 e. The molecule has 0 radical (unpaired) electrons. The lowest BCUT2D eigenvalue weighted by molar-refractivity contribution is 0.0411. The van der Waals surface area contributed by atoms with Gasteiger partial charge >= 0.3 is 0 Å². The molecule has 2 aliphatic rings. The summed E-state index contributed by atoms with van der Waals surface area (Å²) >= 11 is 1.55. The molecular weight excluding hydrogens is 412 g/mol. The number of benzene rings is 1. The number of piperazine rings is 1. The summed E-state index contributed by atoms with van der Waals surface area (Å²) in [6, 6.07) is 8.64. The van der Waals surface area contributed by atoms with Gasteiger partial charge in [0, 0.05) is 56.6 Å². The van der Waals surface area contributed by atoms with Crippen molar-refractivity contribution in [2.45, 2.75) is 24.0 Å². The van der Waals surface area contributed by atoms with Gasteiger partial charge in [-0.15, -0.1) is 11.8 Å². The summed E-state index contributed by atoms with van der Waals surface area (Å²) in [5.74, 6) is 1.23. The third-order valence-electron chi connectivity index (χ3n) is 6.14. The topological polar surface area (TPSA) is 89.2 Å².